The standard InChI is InChI=1S/C19H30N2O2/c1-15-8-7-9-16(12-15)17(20(2)3)18(23)21(4)13-19(14-22)10-5-6-11-19/h7-9,12,17,22H,5-6,10-11,13-14H2,1-4H3/t17-/m1/s1. The van der Waals surface area contributed by atoms with Crippen LogP contribution in [0.3, 0.4) is 0 Å². The van der Waals surface area contributed by atoms with Crippen molar-refractivity contribution in [2.45, 2.75) is 38.6 Å². The molecule has 4 nitrogen and oxygen atoms in total. The van der Waals surface area contributed by atoms with Gasteiger partial charge < -0.3 is 10.0 Å². The lowest BCUT2D eigenvalue weighted by Crippen LogP contribution is -2.44. The Hall–Kier alpha value is -1.39. The van der Waals surface area contributed by atoms with Crippen LogP contribution < -0.4 is 0 Å². The molecule has 23 heavy (non-hydrogen) atoms. The molecule has 1 aromatic rings. The van der Waals surface area contributed by atoms with Gasteiger partial charge in [0.05, 0.1) is 6.61 Å². The summed E-state index contributed by atoms with van der Waals surface area (Å²) in [4.78, 5) is 16.8. The molecule has 1 aliphatic rings. The van der Waals surface area contributed by atoms with Gasteiger partial charge in [-0.3, -0.25) is 9.69 Å². The lowest BCUT2D eigenvalue weighted by atomic mass is 9.86. The van der Waals surface area contributed by atoms with Gasteiger partial charge in [0.15, 0.2) is 0 Å². The molecule has 0 unspecified atom stereocenters. The highest BCUT2D eigenvalue weighted by molar-refractivity contribution is 5.83. The predicted molar refractivity (Wildman–Crippen MR) is 93.2 cm³/mol. The fourth-order valence-corrected chi connectivity index (χ4v) is 3.78. The van der Waals surface area contributed by atoms with E-state index in [-0.39, 0.29) is 24.0 Å². The van der Waals surface area contributed by atoms with Gasteiger partial charge in [-0.1, -0.05) is 42.7 Å². The molecule has 4 heteroatoms. The van der Waals surface area contributed by atoms with E-state index in [1.54, 1.807) is 0 Å². The fourth-order valence-electron chi connectivity index (χ4n) is 3.78. The Bertz CT molecular complexity index is 536. The van der Waals surface area contributed by atoms with Crippen LogP contribution in [0, 0.1) is 12.3 Å². The third-order valence-corrected chi connectivity index (χ3v) is 5.06. The highest BCUT2D eigenvalue weighted by atomic mass is 16.3. The van der Waals surface area contributed by atoms with Crippen molar-refractivity contribution < 1.29 is 9.90 Å². The largest absolute Gasteiger partial charge is 0.396 e. The molecule has 0 aromatic heterocycles. The average Bonchev–Trinajstić information content (AvgIpc) is 2.96. The van der Waals surface area contributed by atoms with E-state index in [0.29, 0.717) is 6.54 Å². The molecule has 1 fully saturated rings. The summed E-state index contributed by atoms with van der Waals surface area (Å²) in [7, 11) is 5.75. The predicted octanol–water partition coefficient (Wildman–Crippen LogP) is 2.61. The molecule has 1 N–H and O–H groups in total. The molecule has 2 rings (SSSR count). The van der Waals surface area contributed by atoms with Crippen LogP contribution in [0.4, 0.5) is 0 Å². The molecule has 0 spiro atoms. The van der Waals surface area contributed by atoms with Gasteiger partial charge in [0, 0.05) is 19.0 Å². The molecule has 1 atom stereocenters. The van der Waals surface area contributed by atoms with Gasteiger partial charge >= 0.3 is 0 Å². The first-order chi connectivity index (χ1) is 10.9. The Labute approximate surface area is 140 Å². The van der Waals surface area contributed by atoms with Crippen LogP contribution in [0.25, 0.3) is 0 Å². The SMILES string of the molecule is Cc1cccc([C@H](C(=O)N(C)CC2(CO)CCCC2)N(C)C)c1. The number of carbonyl (C=O) groups excluding carboxylic acids is 1. The van der Waals surface area contributed by atoms with Crippen LogP contribution in [0.1, 0.15) is 42.9 Å². The number of aryl methyl sites for hydroxylation is 1. The van der Waals surface area contributed by atoms with Crippen LogP contribution in [0.2, 0.25) is 0 Å². The van der Waals surface area contributed by atoms with Crippen molar-refractivity contribution in [2.75, 3.05) is 34.3 Å². The van der Waals surface area contributed by atoms with Crippen molar-refractivity contribution in [3.05, 3.63) is 35.4 Å². The van der Waals surface area contributed by atoms with Crippen molar-refractivity contribution in [3.8, 4) is 0 Å². The summed E-state index contributed by atoms with van der Waals surface area (Å²) < 4.78 is 0. The Morgan fingerprint density at radius 2 is 1.91 bits per heavy atom. The second kappa shape index (κ2) is 7.45. The molecule has 1 saturated carbocycles. The van der Waals surface area contributed by atoms with Crippen LogP contribution in [-0.4, -0.2) is 55.1 Å². The van der Waals surface area contributed by atoms with Crippen LogP contribution >= 0.6 is 0 Å². The number of likely N-dealkylation sites (N-methyl/N-ethyl adjacent to an activating group) is 2. The van der Waals surface area contributed by atoms with Crippen molar-refractivity contribution >= 4 is 5.91 Å². The van der Waals surface area contributed by atoms with E-state index >= 15 is 0 Å². The zero-order chi connectivity index (χ0) is 17.0. The molecule has 0 saturated heterocycles. The molecule has 0 aliphatic heterocycles. The van der Waals surface area contributed by atoms with Gasteiger partial charge in [-0.05, 0) is 39.4 Å². The number of rotatable bonds is 6. The van der Waals surface area contributed by atoms with E-state index < -0.39 is 0 Å². The van der Waals surface area contributed by atoms with Crippen LogP contribution in [-0.2, 0) is 4.79 Å². The van der Waals surface area contributed by atoms with Gasteiger partial charge in [0.2, 0.25) is 5.91 Å². The first kappa shape index (κ1) is 18.0. The summed E-state index contributed by atoms with van der Waals surface area (Å²) in [6.45, 7) is 2.85. The van der Waals surface area contributed by atoms with Gasteiger partial charge in [-0.2, -0.15) is 0 Å². The van der Waals surface area contributed by atoms with E-state index in [1.165, 1.54) is 0 Å². The monoisotopic (exact) mass is 318 g/mol. The molecule has 0 radical (unpaired) electrons. The number of aliphatic hydroxyl groups is 1. The van der Waals surface area contributed by atoms with Gasteiger partial charge in [0.1, 0.15) is 6.04 Å². The number of benzene rings is 1. The van der Waals surface area contributed by atoms with E-state index in [1.807, 2.05) is 56.1 Å². The first-order valence-corrected chi connectivity index (χ1v) is 8.47. The van der Waals surface area contributed by atoms with Gasteiger partial charge in [-0.25, -0.2) is 0 Å². The zero-order valence-electron chi connectivity index (χ0n) is 14.9. The second-order valence-corrected chi connectivity index (χ2v) is 7.34. The maximum Gasteiger partial charge on any atom is 0.244 e. The first-order valence-electron chi connectivity index (χ1n) is 8.47. The average molecular weight is 318 g/mol. The molecule has 128 valence electrons. The van der Waals surface area contributed by atoms with E-state index in [2.05, 4.69) is 6.07 Å². The fraction of sp³-hybridized carbons (Fsp3) is 0.632. The van der Waals surface area contributed by atoms with Crippen LogP contribution in [0.15, 0.2) is 24.3 Å². The molecule has 1 amide bonds. The molecule has 1 aromatic carbocycles. The normalized spacial score (nSPS) is 18.2. The lowest BCUT2D eigenvalue weighted by molar-refractivity contribution is -0.137. The summed E-state index contributed by atoms with van der Waals surface area (Å²) >= 11 is 0. The quantitative estimate of drug-likeness (QED) is 0.877. The minimum atomic E-state index is -0.281. The highest BCUT2D eigenvalue weighted by Crippen LogP contribution is 2.38. The second-order valence-electron chi connectivity index (χ2n) is 7.34. The van der Waals surface area contributed by atoms with Crippen molar-refractivity contribution in [1.82, 2.24) is 9.80 Å². The summed E-state index contributed by atoms with van der Waals surface area (Å²) in [6.07, 6.45) is 4.32. The minimum Gasteiger partial charge on any atom is -0.396 e. The number of nitrogens with zero attached hydrogens (tertiary/aromatic N) is 2. The summed E-state index contributed by atoms with van der Waals surface area (Å²) in [5.41, 5.74) is 2.08. The third-order valence-electron chi connectivity index (χ3n) is 5.06. The smallest absolute Gasteiger partial charge is 0.244 e. The maximum atomic E-state index is 13.0. The maximum absolute atomic E-state index is 13.0. The summed E-state index contributed by atoms with van der Waals surface area (Å²) in [6, 6.07) is 7.86. The molecular formula is C19H30N2O2. The van der Waals surface area contributed by atoms with Crippen LogP contribution in [0.5, 0.6) is 0 Å². The van der Waals surface area contributed by atoms with Crippen molar-refractivity contribution in [2.24, 2.45) is 5.41 Å². The summed E-state index contributed by atoms with van der Waals surface area (Å²) in [5.74, 6) is 0.0975. The highest BCUT2D eigenvalue weighted by Gasteiger charge is 2.37. The Morgan fingerprint density at radius 1 is 1.26 bits per heavy atom. The minimum absolute atomic E-state index is 0.0975. The van der Waals surface area contributed by atoms with Gasteiger partial charge in [0.25, 0.3) is 0 Å². The number of hydrogen-bond donors (Lipinski definition) is 1. The molecule has 0 bridgehead atoms. The van der Waals surface area contributed by atoms with E-state index in [0.717, 1.165) is 36.8 Å². The van der Waals surface area contributed by atoms with E-state index in [4.69, 9.17) is 0 Å². The number of hydrogen-bond acceptors (Lipinski definition) is 3. The Morgan fingerprint density at radius 3 is 2.43 bits per heavy atom. The number of amides is 1. The lowest BCUT2D eigenvalue weighted by Gasteiger charge is -2.35. The number of aliphatic hydroxyl groups excluding tert-OH is 1. The topological polar surface area (TPSA) is 43.8 Å². The van der Waals surface area contributed by atoms with Gasteiger partial charge in [-0.15, -0.1) is 0 Å². The molecule has 0 heterocycles. The third kappa shape index (κ3) is 4.12. The number of carbonyl (C=O) groups is 1. The Balaban J connectivity index is 2.17. The summed E-state index contributed by atoms with van der Waals surface area (Å²) in [5, 5.41) is 9.80. The Kier molecular flexibility index (Phi) is 5.82. The van der Waals surface area contributed by atoms with Crippen molar-refractivity contribution in [1.29, 1.82) is 0 Å². The molecule has 1 aliphatic carbocycles. The van der Waals surface area contributed by atoms with E-state index in [9.17, 15) is 9.90 Å². The van der Waals surface area contributed by atoms with Crippen molar-refractivity contribution in [3.63, 3.8) is 0 Å². The molecular weight excluding hydrogens is 288 g/mol. The zero-order valence-corrected chi connectivity index (χ0v) is 14.9.